The van der Waals surface area contributed by atoms with Crippen molar-refractivity contribution in [3.63, 3.8) is 0 Å². The first kappa shape index (κ1) is 11.7. The van der Waals surface area contributed by atoms with Gasteiger partial charge in [-0.3, -0.25) is 0 Å². The van der Waals surface area contributed by atoms with Crippen molar-refractivity contribution in [2.24, 2.45) is 0 Å². The molecule has 6 nitrogen and oxygen atoms in total. The van der Waals surface area contributed by atoms with Gasteiger partial charge in [0.25, 0.3) is 0 Å². The molecule has 1 saturated heterocycles. The van der Waals surface area contributed by atoms with Gasteiger partial charge >= 0.3 is 0 Å². The number of rotatable bonds is 2. The number of nitrogens with one attached hydrogen (secondary N) is 2. The average molecular weight is 254 g/mol. The van der Waals surface area contributed by atoms with Gasteiger partial charge in [0.05, 0.1) is 17.0 Å². The number of aromatic nitrogens is 3. The van der Waals surface area contributed by atoms with Gasteiger partial charge in [0, 0.05) is 18.5 Å². The van der Waals surface area contributed by atoms with Crippen LogP contribution in [0.4, 0.5) is 5.82 Å². The van der Waals surface area contributed by atoms with Crippen LogP contribution in [0.2, 0.25) is 0 Å². The predicted molar refractivity (Wildman–Crippen MR) is 72.4 cm³/mol. The van der Waals surface area contributed by atoms with E-state index in [1.165, 1.54) is 6.33 Å². The molecular weight excluding hydrogens is 240 g/mol. The van der Waals surface area contributed by atoms with E-state index in [2.05, 4.69) is 25.9 Å². The van der Waals surface area contributed by atoms with Crippen LogP contribution < -0.4 is 4.90 Å². The van der Waals surface area contributed by atoms with E-state index in [1.54, 1.807) is 6.20 Å². The zero-order chi connectivity index (χ0) is 13.4. The number of aromatic amines is 1. The van der Waals surface area contributed by atoms with E-state index in [4.69, 9.17) is 5.41 Å². The fourth-order valence-electron chi connectivity index (χ4n) is 2.72. The van der Waals surface area contributed by atoms with Gasteiger partial charge in [-0.25, -0.2) is 9.97 Å². The molecule has 2 N–H and O–H groups in total. The maximum atomic E-state index is 9.18. The Morgan fingerprint density at radius 3 is 3.16 bits per heavy atom. The smallest absolute Gasteiger partial charge is 0.144 e. The zero-order valence-electron chi connectivity index (χ0n) is 10.6. The van der Waals surface area contributed by atoms with Crippen molar-refractivity contribution in [2.45, 2.75) is 25.8 Å². The minimum atomic E-state index is 0.0829. The molecule has 0 bridgehead atoms. The van der Waals surface area contributed by atoms with Crippen LogP contribution in [0.15, 0.2) is 12.5 Å². The second-order valence-corrected chi connectivity index (χ2v) is 4.77. The third-order valence-electron chi connectivity index (χ3n) is 3.59. The predicted octanol–water partition coefficient (Wildman–Crippen LogP) is 1.84. The number of hydrogen-bond acceptors (Lipinski definition) is 5. The largest absolute Gasteiger partial charge is 0.348 e. The average Bonchev–Trinajstić information content (AvgIpc) is 3.04. The van der Waals surface area contributed by atoms with Crippen LogP contribution in [0.1, 0.15) is 25.3 Å². The van der Waals surface area contributed by atoms with Gasteiger partial charge in [-0.2, -0.15) is 5.26 Å². The molecule has 3 heterocycles. The molecule has 0 spiro atoms. The van der Waals surface area contributed by atoms with Crippen molar-refractivity contribution in [3.05, 3.63) is 18.1 Å². The molecular formula is C13H14N6. The SMILES string of the molecule is CC(=N)C1CCCN1c1ncnc2[nH]cc(C#N)c12. The summed E-state index contributed by atoms with van der Waals surface area (Å²) >= 11 is 0. The third-order valence-corrected chi connectivity index (χ3v) is 3.59. The van der Waals surface area contributed by atoms with Crippen LogP contribution in [0.25, 0.3) is 11.0 Å². The lowest BCUT2D eigenvalue weighted by atomic mass is 10.1. The Balaban J connectivity index is 2.17. The van der Waals surface area contributed by atoms with Gasteiger partial charge in [0.1, 0.15) is 23.9 Å². The Kier molecular flexibility index (Phi) is 2.67. The molecule has 6 heteroatoms. The van der Waals surface area contributed by atoms with Gasteiger partial charge in [0.2, 0.25) is 0 Å². The number of nitriles is 1. The van der Waals surface area contributed by atoms with Gasteiger partial charge in [-0.1, -0.05) is 0 Å². The Hall–Kier alpha value is -2.42. The summed E-state index contributed by atoms with van der Waals surface area (Å²) in [5.41, 5.74) is 1.87. The van der Waals surface area contributed by atoms with Crippen LogP contribution in [0.3, 0.4) is 0 Å². The Morgan fingerprint density at radius 2 is 2.42 bits per heavy atom. The minimum absolute atomic E-state index is 0.0829. The van der Waals surface area contributed by atoms with E-state index < -0.39 is 0 Å². The van der Waals surface area contributed by atoms with Crippen LogP contribution >= 0.6 is 0 Å². The Morgan fingerprint density at radius 1 is 1.58 bits per heavy atom. The molecule has 1 aliphatic heterocycles. The third kappa shape index (κ3) is 1.74. The second-order valence-electron chi connectivity index (χ2n) is 4.77. The fraction of sp³-hybridized carbons (Fsp3) is 0.385. The van der Waals surface area contributed by atoms with Crippen molar-refractivity contribution < 1.29 is 0 Å². The normalized spacial score (nSPS) is 18.7. The first-order valence-corrected chi connectivity index (χ1v) is 6.26. The summed E-state index contributed by atoms with van der Waals surface area (Å²) in [6, 6.07) is 2.25. The molecule has 96 valence electrons. The molecule has 3 rings (SSSR count). The minimum Gasteiger partial charge on any atom is -0.348 e. The molecule has 1 atom stereocenters. The van der Waals surface area contributed by atoms with Crippen LogP contribution in [-0.2, 0) is 0 Å². The molecule has 2 aromatic heterocycles. The molecule has 2 aromatic rings. The molecule has 0 aliphatic carbocycles. The molecule has 1 aliphatic rings. The standard InChI is InChI=1S/C13H14N6/c1-8(15)10-3-2-4-19(10)13-11-9(5-14)6-16-12(11)17-7-18-13/h6-7,10,15H,2-4H2,1H3,(H,16,17,18). The molecule has 0 aromatic carbocycles. The van der Waals surface area contributed by atoms with E-state index in [-0.39, 0.29) is 6.04 Å². The number of anilines is 1. The van der Waals surface area contributed by atoms with Crippen LogP contribution in [0.5, 0.6) is 0 Å². The fourth-order valence-corrected chi connectivity index (χ4v) is 2.72. The van der Waals surface area contributed by atoms with E-state index in [1.807, 2.05) is 6.92 Å². The van der Waals surface area contributed by atoms with Crippen molar-refractivity contribution >= 4 is 22.6 Å². The zero-order valence-corrected chi connectivity index (χ0v) is 10.6. The summed E-state index contributed by atoms with van der Waals surface area (Å²) in [5, 5.41) is 17.8. The first-order valence-electron chi connectivity index (χ1n) is 6.26. The highest BCUT2D eigenvalue weighted by Gasteiger charge is 2.29. The number of fused-ring (bicyclic) bond motifs is 1. The van der Waals surface area contributed by atoms with Gasteiger partial charge in [-0.15, -0.1) is 0 Å². The summed E-state index contributed by atoms with van der Waals surface area (Å²) in [7, 11) is 0. The summed E-state index contributed by atoms with van der Waals surface area (Å²) in [4.78, 5) is 13.6. The van der Waals surface area contributed by atoms with E-state index >= 15 is 0 Å². The number of hydrogen-bond donors (Lipinski definition) is 2. The quantitative estimate of drug-likeness (QED) is 0.800. The topological polar surface area (TPSA) is 92.4 Å². The molecule has 0 saturated carbocycles. The van der Waals surface area contributed by atoms with E-state index in [0.717, 1.165) is 30.6 Å². The van der Waals surface area contributed by atoms with Crippen molar-refractivity contribution in [1.29, 1.82) is 10.7 Å². The summed E-state index contributed by atoms with van der Waals surface area (Å²) in [6.45, 7) is 2.69. The number of nitrogens with zero attached hydrogens (tertiary/aromatic N) is 4. The highest BCUT2D eigenvalue weighted by molar-refractivity contribution is 5.96. The number of H-pyrrole nitrogens is 1. The lowest BCUT2D eigenvalue weighted by Crippen LogP contribution is -2.35. The summed E-state index contributed by atoms with van der Waals surface area (Å²) in [5.74, 6) is 0.761. The first-order chi connectivity index (χ1) is 9.22. The van der Waals surface area contributed by atoms with E-state index in [9.17, 15) is 5.26 Å². The maximum Gasteiger partial charge on any atom is 0.144 e. The van der Waals surface area contributed by atoms with Crippen LogP contribution in [-0.4, -0.2) is 33.3 Å². The van der Waals surface area contributed by atoms with Crippen LogP contribution in [0, 0.1) is 16.7 Å². The lowest BCUT2D eigenvalue weighted by Gasteiger charge is -2.25. The van der Waals surface area contributed by atoms with Crippen molar-refractivity contribution in [2.75, 3.05) is 11.4 Å². The molecule has 1 fully saturated rings. The Labute approximate surface area is 110 Å². The maximum absolute atomic E-state index is 9.18. The lowest BCUT2D eigenvalue weighted by molar-refractivity contribution is 0.824. The summed E-state index contributed by atoms with van der Waals surface area (Å²) < 4.78 is 0. The monoisotopic (exact) mass is 254 g/mol. The van der Waals surface area contributed by atoms with Gasteiger partial charge < -0.3 is 15.3 Å². The highest BCUT2D eigenvalue weighted by Crippen LogP contribution is 2.31. The van der Waals surface area contributed by atoms with Gasteiger partial charge in [-0.05, 0) is 19.8 Å². The molecule has 1 unspecified atom stereocenters. The molecule has 0 radical (unpaired) electrons. The van der Waals surface area contributed by atoms with Gasteiger partial charge in [0.15, 0.2) is 0 Å². The highest BCUT2D eigenvalue weighted by atomic mass is 15.2. The second kappa shape index (κ2) is 4.35. The van der Waals surface area contributed by atoms with E-state index in [0.29, 0.717) is 16.9 Å². The molecule has 0 amide bonds. The molecule has 19 heavy (non-hydrogen) atoms. The van der Waals surface area contributed by atoms with Crippen molar-refractivity contribution in [1.82, 2.24) is 15.0 Å². The Bertz CT molecular complexity index is 680. The summed E-state index contributed by atoms with van der Waals surface area (Å²) in [6.07, 6.45) is 5.17. The van der Waals surface area contributed by atoms with Crippen molar-refractivity contribution in [3.8, 4) is 6.07 Å².